The Hall–Kier alpha value is -5.34. The van der Waals surface area contributed by atoms with Gasteiger partial charge in [-0.1, -0.05) is 18.1 Å². The number of anilines is 2. The van der Waals surface area contributed by atoms with E-state index in [1.54, 1.807) is 49.8 Å². The third kappa shape index (κ3) is 5.52. The quantitative estimate of drug-likeness (QED) is 0.127. The molecule has 9 nitrogen and oxygen atoms in total. The van der Waals surface area contributed by atoms with Crippen molar-refractivity contribution in [3.63, 3.8) is 0 Å². The van der Waals surface area contributed by atoms with Crippen molar-refractivity contribution in [2.24, 2.45) is 12.5 Å². The van der Waals surface area contributed by atoms with E-state index in [1.807, 2.05) is 0 Å². The average molecular weight is 663 g/mol. The number of halogens is 5. The molecule has 0 spiro atoms. The van der Waals surface area contributed by atoms with Crippen molar-refractivity contribution in [1.82, 2.24) is 25.5 Å². The first kappa shape index (κ1) is 32.6. The largest absolute Gasteiger partial charge is 0.395 e. The monoisotopic (exact) mass is 662 g/mol. The van der Waals surface area contributed by atoms with Crippen LogP contribution in [0, 0.1) is 29.1 Å². The van der Waals surface area contributed by atoms with Crippen LogP contribution in [-0.2, 0) is 7.05 Å². The molecule has 1 aliphatic heterocycles. The van der Waals surface area contributed by atoms with Gasteiger partial charge in [0.2, 0.25) is 0 Å². The summed E-state index contributed by atoms with van der Waals surface area (Å²) in [4.78, 5) is 17.4. The Balaban J connectivity index is 1.50. The summed E-state index contributed by atoms with van der Waals surface area (Å²) in [6, 6.07) is 11.4. The van der Waals surface area contributed by atoms with Gasteiger partial charge in [0.15, 0.2) is 0 Å². The number of fused-ring (bicyclic) bond motifs is 2. The van der Waals surface area contributed by atoms with E-state index < -0.39 is 36.1 Å². The van der Waals surface area contributed by atoms with E-state index in [4.69, 9.17) is 6.42 Å². The lowest BCUT2D eigenvalue weighted by atomic mass is 9.92. The number of rotatable bonds is 9. The Morgan fingerprint density at radius 1 is 1.12 bits per heavy atom. The molecule has 14 heteroatoms. The van der Waals surface area contributed by atoms with E-state index in [-0.39, 0.29) is 40.7 Å². The number of hydrazine groups is 2. The summed E-state index contributed by atoms with van der Waals surface area (Å²) in [5.41, 5.74) is 4.26. The number of benzene rings is 2. The van der Waals surface area contributed by atoms with Gasteiger partial charge in [-0.15, -0.1) is 12.0 Å². The van der Waals surface area contributed by atoms with Crippen molar-refractivity contribution in [2.45, 2.75) is 50.9 Å². The third-order valence-electron chi connectivity index (χ3n) is 9.05. The number of aromatic nitrogens is 2. The first-order valence-corrected chi connectivity index (χ1v) is 15.0. The number of aryl methyl sites for hydroxylation is 1. The average Bonchev–Trinajstić information content (AvgIpc) is 3.73. The maximum absolute atomic E-state index is 14.0. The van der Waals surface area contributed by atoms with E-state index in [1.165, 1.54) is 21.8 Å². The van der Waals surface area contributed by atoms with E-state index in [0.29, 0.717) is 33.1 Å². The molecule has 3 heterocycles. The number of alkyl halides is 5. The number of hydrogen-bond donors (Lipinski definition) is 4. The Labute approximate surface area is 272 Å². The van der Waals surface area contributed by atoms with Crippen LogP contribution in [-0.4, -0.2) is 39.2 Å². The number of nitrogens with zero attached hydrogens (tertiary/aromatic N) is 4. The zero-order valence-corrected chi connectivity index (χ0v) is 26.1. The number of pyridine rings is 2. The molecule has 0 unspecified atom stereocenters. The molecule has 2 aliphatic rings. The lowest BCUT2D eigenvalue weighted by Crippen LogP contribution is -2.48. The molecule has 4 aromatic rings. The minimum atomic E-state index is -4.51. The summed E-state index contributed by atoms with van der Waals surface area (Å²) in [6.07, 6.45) is 3.67. The predicted octanol–water partition coefficient (Wildman–Crippen LogP) is 6.06. The van der Waals surface area contributed by atoms with Gasteiger partial charge in [-0.3, -0.25) is 14.8 Å². The highest BCUT2D eigenvalue weighted by Gasteiger charge is 2.56. The number of terminal acetylenes is 1. The molecule has 2 aromatic heterocycles. The van der Waals surface area contributed by atoms with Crippen molar-refractivity contribution < 1.29 is 22.0 Å². The molecule has 1 fully saturated rings. The molecule has 4 N–H and O–H groups in total. The van der Waals surface area contributed by atoms with Gasteiger partial charge in [-0.25, -0.2) is 8.78 Å². The van der Waals surface area contributed by atoms with Crippen LogP contribution in [0.3, 0.4) is 0 Å². The molecule has 0 saturated heterocycles. The number of nitrogens with one attached hydrogen (secondary N) is 4. The lowest BCUT2D eigenvalue weighted by molar-refractivity contribution is -0.206. The standard InChI is InChI=1S/C34H31F5N8O/c1-5-19-16-41-28-20(15-40)13-21(14-25(28)27(19)42-18-32(2,3)34(37,38)39)43-29(26-17-47(45-44-26)33(10-11-33)31(35)36)23-7-6-8-24-22(23)9-12-46(4)30(24)48/h1,6-9,12-14,16-17,29,31,43-45H,10-11,18H2,2-4H3,(H,41,42)/t29-/m0/s1. The summed E-state index contributed by atoms with van der Waals surface area (Å²) in [6.45, 7) is 1.62. The van der Waals surface area contributed by atoms with Crippen LogP contribution < -0.4 is 27.2 Å². The zero-order valence-electron chi connectivity index (χ0n) is 26.1. The van der Waals surface area contributed by atoms with Crippen molar-refractivity contribution in [3.05, 3.63) is 87.7 Å². The topological polar surface area (TPSA) is 110 Å². The van der Waals surface area contributed by atoms with Crippen LogP contribution in [0.5, 0.6) is 0 Å². The maximum Gasteiger partial charge on any atom is 0.395 e. The van der Waals surface area contributed by atoms with Gasteiger partial charge in [-0.05, 0) is 61.9 Å². The SMILES string of the molecule is C#Cc1cnc2c(C#N)cc(N[C@H](C3=CN(C4(C(F)F)CC4)NN3)c3cccc4c(=O)n(C)ccc34)cc2c1NCC(C)(C)C(F)(F)F. The van der Waals surface area contributed by atoms with Crippen LogP contribution in [0.25, 0.3) is 21.7 Å². The van der Waals surface area contributed by atoms with Crippen molar-refractivity contribution >= 4 is 33.1 Å². The van der Waals surface area contributed by atoms with Crippen molar-refractivity contribution in [2.75, 3.05) is 17.2 Å². The highest BCUT2D eigenvalue weighted by molar-refractivity contribution is 5.99. The molecule has 248 valence electrons. The Bertz CT molecular complexity index is 2100. The summed E-state index contributed by atoms with van der Waals surface area (Å²) >= 11 is 0. The second-order valence-electron chi connectivity index (χ2n) is 12.7. The van der Waals surface area contributed by atoms with Gasteiger partial charge in [-0.2, -0.15) is 18.4 Å². The van der Waals surface area contributed by atoms with Gasteiger partial charge in [0, 0.05) is 48.6 Å². The van der Waals surface area contributed by atoms with Gasteiger partial charge < -0.3 is 20.6 Å². The Morgan fingerprint density at radius 2 is 1.88 bits per heavy atom. The molecule has 1 saturated carbocycles. The number of nitriles is 1. The normalized spacial score (nSPS) is 16.3. The molecule has 48 heavy (non-hydrogen) atoms. The molecule has 2 aromatic carbocycles. The zero-order chi connectivity index (χ0) is 34.6. The maximum atomic E-state index is 14.0. The fourth-order valence-corrected chi connectivity index (χ4v) is 5.73. The van der Waals surface area contributed by atoms with Gasteiger partial charge >= 0.3 is 6.18 Å². The smallest absolute Gasteiger partial charge is 0.383 e. The lowest BCUT2D eigenvalue weighted by Gasteiger charge is -2.29. The summed E-state index contributed by atoms with van der Waals surface area (Å²) in [5, 5.41) is 19.0. The first-order chi connectivity index (χ1) is 22.7. The second kappa shape index (κ2) is 11.7. The van der Waals surface area contributed by atoms with Crippen LogP contribution >= 0.6 is 0 Å². The van der Waals surface area contributed by atoms with Crippen LogP contribution in [0.4, 0.5) is 33.3 Å². The van der Waals surface area contributed by atoms with E-state index >= 15 is 0 Å². The third-order valence-corrected chi connectivity index (χ3v) is 9.05. The van der Waals surface area contributed by atoms with Crippen LogP contribution in [0.15, 0.2) is 65.5 Å². The molecule has 0 bridgehead atoms. The molecule has 0 amide bonds. The highest BCUT2D eigenvalue weighted by Crippen LogP contribution is 2.47. The molecular weight excluding hydrogens is 631 g/mol. The second-order valence-corrected chi connectivity index (χ2v) is 12.7. The molecule has 6 rings (SSSR count). The van der Waals surface area contributed by atoms with Crippen molar-refractivity contribution in [3.8, 4) is 18.4 Å². The Kier molecular flexibility index (Phi) is 7.96. The minimum Gasteiger partial charge on any atom is -0.383 e. The van der Waals surface area contributed by atoms with Gasteiger partial charge in [0.1, 0.15) is 11.6 Å². The number of hydrogen-bond acceptors (Lipinski definition) is 8. The van der Waals surface area contributed by atoms with Crippen molar-refractivity contribution in [1.29, 1.82) is 5.26 Å². The van der Waals surface area contributed by atoms with E-state index in [9.17, 15) is 32.0 Å². The van der Waals surface area contributed by atoms with Crippen LogP contribution in [0.2, 0.25) is 0 Å². The minimum absolute atomic E-state index is 0.116. The predicted molar refractivity (Wildman–Crippen MR) is 172 cm³/mol. The fourth-order valence-electron chi connectivity index (χ4n) is 5.73. The molecule has 1 atom stereocenters. The van der Waals surface area contributed by atoms with Gasteiger partial charge in [0.05, 0.1) is 39.5 Å². The highest BCUT2D eigenvalue weighted by atomic mass is 19.4. The summed E-state index contributed by atoms with van der Waals surface area (Å²) in [7, 11) is 1.63. The fraction of sp³-hybridized carbons (Fsp3) is 0.324. The molecule has 1 aliphatic carbocycles. The summed E-state index contributed by atoms with van der Waals surface area (Å²) < 4.78 is 70.8. The van der Waals surface area contributed by atoms with Crippen LogP contribution in [0.1, 0.15) is 49.4 Å². The Morgan fingerprint density at radius 3 is 2.52 bits per heavy atom. The molecule has 0 radical (unpaired) electrons. The summed E-state index contributed by atoms with van der Waals surface area (Å²) in [5.74, 6) is 2.46. The van der Waals surface area contributed by atoms with E-state index in [2.05, 4.69) is 38.6 Å². The van der Waals surface area contributed by atoms with E-state index in [0.717, 1.165) is 13.8 Å². The molecular formula is C34H31F5N8O. The first-order valence-electron chi connectivity index (χ1n) is 15.0. The van der Waals surface area contributed by atoms with Gasteiger partial charge in [0.25, 0.3) is 12.0 Å².